The Balaban J connectivity index is 3.00. The predicted molar refractivity (Wildman–Crippen MR) is 77.3 cm³/mol. The number of hydrogen-bond acceptors (Lipinski definition) is 2. The van der Waals surface area contributed by atoms with Crippen LogP contribution in [0.3, 0.4) is 0 Å². The van der Waals surface area contributed by atoms with E-state index in [1.165, 1.54) is 4.90 Å². The second-order valence-corrected chi connectivity index (χ2v) is 5.91. The van der Waals surface area contributed by atoms with Gasteiger partial charge in [-0.3, -0.25) is 9.59 Å². The first-order valence-corrected chi connectivity index (χ1v) is 6.87. The van der Waals surface area contributed by atoms with Crippen molar-refractivity contribution in [2.24, 2.45) is 5.92 Å². The minimum atomic E-state index is -0.999. The number of carboxylic acid groups (broad SMARTS) is 1. The summed E-state index contributed by atoms with van der Waals surface area (Å²) in [5.41, 5.74) is 1.46. The van der Waals surface area contributed by atoms with Gasteiger partial charge in [0.1, 0.15) is 6.54 Å². The van der Waals surface area contributed by atoms with E-state index in [0.29, 0.717) is 12.1 Å². The molecule has 0 saturated carbocycles. The zero-order valence-corrected chi connectivity index (χ0v) is 12.9. The lowest BCUT2D eigenvalue weighted by atomic mass is 10.1. The molecule has 0 bridgehead atoms. The molecule has 1 rings (SSSR count). The summed E-state index contributed by atoms with van der Waals surface area (Å²) < 4.78 is 0.815. The molecule has 0 spiro atoms. The number of aryl methyl sites for hydroxylation is 1. The van der Waals surface area contributed by atoms with Crippen LogP contribution in [0.15, 0.2) is 22.7 Å². The number of rotatable bonds is 5. The number of halogens is 1. The second-order valence-electron chi connectivity index (χ2n) is 4.99. The van der Waals surface area contributed by atoms with Crippen molar-refractivity contribution in [3.63, 3.8) is 0 Å². The number of carbonyl (C=O) groups excluding carboxylic acids is 1. The van der Waals surface area contributed by atoms with E-state index in [-0.39, 0.29) is 18.4 Å². The van der Waals surface area contributed by atoms with E-state index in [4.69, 9.17) is 5.11 Å². The van der Waals surface area contributed by atoms with Gasteiger partial charge in [-0.05, 0) is 36.6 Å². The lowest BCUT2D eigenvalue weighted by Gasteiger charge is -2.23. The summed E-state index contributed by atoms with van der Waals surface area (Å²) in [7, 11) is 0. The van der Waals surface area contributed by atoms with Crippen molar-refractivity contribution < 1.29 is 14.7 Å². The Labute approximate surface area is 121 Å². The van der Waals surface area contributed by atoms with Crippen LogP contribution in [0, 0.1) is 12.8 Å². The number of carboxylic acids is 1. The van der Waals surface area contributed by atoms with Crippen LogP contribution in [0.4, 0.5) is 0 Å². The number of nitrogens with zero attached hydrogens (tertiary/aromatic N) is 1. The highest BCUT2D eigenvalue weighted by Crippen LogP contribution is 2.17. The standard InChI is InChI=1S/C14H18BrNO3/c1-9(2)7-16(8-13(17)18)14(19)11-4-10(3)5-12(15)6-11/h4-6,9H,7-8H2,1-3H3,(H,17,18). The molecule has 0 aliphatic carbocycles. The van der Waals surface area contributed by atoms with Crippen LogP contribution in [0.25, 0.3) is 0 Å². The van der Waals surface area contributed by atoms with Crippen molar-refractivity contribution in [2.75, 3.05) is 13.1 Å². The first-order chi connectivity index (χ1) is 8.79. The van der Waals surface area contributed by atoms with E-state index in [2.05, 4.69) is 15.9 Å². The molecule has 19 heavy (non-hydrogen) atoms. The van der Waals surface area contributed by atoms with E-state index < -0.39 is 5.97 Å². The van der Waals surface area contributed by atoms with Crippen LogP contribution >= 0.6 is 15.9 Å². The fraction of sp³-hybridized carbons (Fsp3) is 0.429. The van der Waals surface area contributed by atoms with Crippen LogP contribution in [-0.4, -0.2) is 35.0 Å². The molecule has 0 heterocycles. The third-order valence-electron chi connectivity index (χ3n) is 2.49. The highest BCUT2D eigenvalue weighted by atomic mass is 79.9. The molecular formula is C14H18BrNO3. The van der Waals surface area contributed by atoms with Gasteiger partial charge in [0.2, 0.25) is 0 Å². The van der Waals surface area contributed by atoms with Crippen molar-refractivity contribution in [1.29, 1.82) is 0 Å². The number of carbonyl (C=O) groups is 2. The van der Waals surface area contributed by atoms with Gasteiger partial charge in [-0.2, -0.15) is 0 Å². The lowest BCUT2D eigenvalue weighted by Crippen LogP contribution is -2.38. The average Bonchev–Trinajstić information content (AvgIpc) is 2.24. The molecule has 0 fully saturated rings. The fourth-order valence-corrected chi connectivity index (χ4v) is 2.47. The van der Waals surface area contributed by atoms with Crippen molar-refractivity contribution in [3.05, 3.63) is 33.8 Å². The van der Waals surface area contributed by atoms with Gasteiger partial charge in [0, 0.05) is 16.6 Å². The molecule has 0 unspecified atom stereocenters. The summed E-state index contributed by atoms with van der Waals surface area (Å²) in [4.78, 5) is 24.6. The Kier molecular flexibility index (Phi) is 5.54. The highest BCUT2D eigenvalue weighted by Gasteiger charge is 2.19. The third-order valence-corrected chi connectivity index (χ3v) is 2.95. The van der Waals surface area contributed by atoms with Crippen molar-refractivity contribution in [3.8, 4) is 0 Å². The SMILES string of the molecule is Cc1cc(Br)cc(C(=O)N(CC(=O)O)CC(C)C)c1. The highest BCUT2D eigenvalue weighted by molar-refractivity contribution is 9.10. The maximum absolute atomic E-state index is 12.4. The molecule has 0 atom stereocenters. The van der Waals surface area contributed by atoms with Gasteiger partial charge in [-0.25, -0.2) is 0 Å². The maximum atomic E-state index is 12.4. The molecule has 1 amide bonds. The van der Waals surface area contributed by atoms with E-state index in [9.17, 15) is 9.59 Å². The first-order valence-electron chi connectivity index (χ1n) is 6.08. The normalized spacial score (nSPS) is 10.6. The van der Waals surface area contributed by atoms with Crippen LogP contribution in [0.2, 0.25) is 0 Å². The molecule has 0 saturated heterocycles. The largest absolute Gasteiger partial charge is 0.480 e. The Hall–Kier alpha value is -1.36. The predicted octanol–water partition coefficient (Wildman–Crippen LogP) is 2.94. The van der Waals surface area contributed by atoms with Gasteiger partial charge in [0.25, 0.3) is 5.91 Å². The smallest absolute Gasteiger partial charge is 0.323 e. The molecule has 0 radical (unpaired) electrons. The summed E-state index contributed by atoms with van der Waals surface area (Å²) in [6, 6.07) is 5.38. The third kappa shape index (κ3) is 5.03. The summed E-state index contributed by atoms with van der Waals surface area (Å²) in [6.07, 6.45) is 0. The average molecular weight is 328 g/mol. The Morgan fingerprint density at radius 3 is 2.42 bits per heavy atom. The first kappa shape index (κ1) is 15.7. The zero-order valence-electron chi connectivity index (χ0n) is 11.3. The Morgan fingerprint density at radius 1 is 1.32 bits per heavy atom. The monoisotopic (exact) mass is 327 g/mol. The zero-order chi connectivity index (χ0) is 14.6. The molecule has 1 aromatic rings. The van der Waals surface area contributed by atoms with Crippen LogP contribution in [-0.2, 0) is 4.79 Å². The quantitative estimate of drug-likeness (QED) is 0.904. The number of amides is 1. The summed E-state index contributed by atoms with van der Waals surface area (Å²) in [6.45, 7) is 5.95. The van der Waals surface area contributed by atoms with E-state index >= 15 is 0 Å². The van der Waals surface area contributed by atoms with Gasteiger partial charge >= 0.3 is 5.97 Å². The molecule has 0 aromatic heterocycles. The fourth-order valence-electron chi connectivity index (χ4n) is 1.87. The second kappa shape index (κ2) is 6.70. The Morgan fingerprint density at radius 2 is 1.95 bits per heavy atom. The van der Waals surface area contributed by atoms with Crippen LogP contribution < -0.4 is 0 Å². The molecule has 1 aromatic carbocycles. The summed E-state index contributed by atoms with van der Waals surface area (Å²) in [5.74, 6) is -1.03. The van der Waals surface area contributed by atoms with Gasteiger partial charge in [-0.15, -0.1) is 0 Å². The molecule has 0 aliphatic rings. The summed E-state index contributed by atoms with van der Waals surface area (Å²) >= 11 is 3.35. The molecular weight excluding hydrogens is 310 g/mol. The van der Waals surface area contributed by atoms with Crippen molar-refractivity contribution >= 4 is 27.8 Å². The van der Waals surface area contributed by atoms with E-state index in [1.807, 2.05) is 26.8 Å². The summed E-state index contributed by atoms with van der Waals surface area (Å²) in [5, 5.41) is 8.90. The van der Waals surface area contributed by atoms with Crippen LogP contribution in [0.1, 0.15) is 29.8 Å². The minimum Gasteiger partial charge on any atom is -0.480 e. The van der Waals surface area contributed by atoms with Gasteiger partial charge < -0.3 is 10.0 Å². The van der Waals surface area contributed by atoms with Gasteiger partial charge in [-0.1, -0.05) is 29.8 Å². The molecule has 0 aliphatic heterocycles. The molecule has 1 N–H and O–H groups in total. The van der Waals surface area contributed by atoms with E-state index in [0.717, 1.165) is 10.0 Å². The topological polar surface area (TPSA) is 57.6 Å². The van der Waals surface area contributed by atoms with Crippen LogP contribution in [0.5, 0.6) is 0 Å². The van der Waals surface area contributed by atoms with Gasteiger partial charge in [0.15, 0.2) is 0 Å². The molecule has 5 heteroatoms. The maximum Gasteiger partial charge on any atom is 0.323 e. The van der Waals surface area contributed by atoms with Crippen molar-refractivity contribution in [1.82, 2.24) is 4.90 Å². The van der Waals surface area contributed by atoms with Gasteiger partial charge in [0.05, 0.1) is 0 Å². The van der Waals surface area contributed by atoms with E-state index in [1.54, 1.807) is 12.1 Å². The number of hydrogen-bond donors (Lipinski definition) is 1. The number of benzene rings is 1. The molecule has 104 valence electrons. The minimum absolute atomic E-state index is 0.219. The number of aliphatic carboxylic acids is 1. The Bertz CT molecular complexity index is 465. The molecule has 4 nitrogen and oxygen atoms in total. The van der Waals surface area contributed by atoms with Crippen molar-refractivity contribution in [2.45, 2.75) is 20.8 Å². The lowest BCUT2D eigenvalue weighted by molar-refractivity contribution is -0.137.